The highest BCUT2D eigenvalue weighted by atomic mass is 16.7. The highest BCUT2D eigenvalue weighted by molar-refractivity contribution is 6.25. The number of esters is 1. The molecule has 2 fully saturated rings. The molecule has 1 aliphatic heterocycles. The van der Waals surface area contributed by atoms with E-state index < -0.39 is 46.7 Å². The van der Waals surface area contributed by atoms with E-state index in [1.54, 1.807) is 45.0 Å². The first-order valence-corrected chi connectivity index (χ1v) is 10.4. The molecule has 0 spiro atoms. The number of fused-ring (bicyclic) bond motifs is 3. The fourth-order valence-electron chi connectivity index (χ4n) is 5.25. The summed E-state index contributed by atoms with van der Waals surface area (Å²) in [6, 6.07) is 6.89. The van der Waals surface area contributed by atoms with Crippen LogP contribution in [0.4, 0.5) is 0 Å². The molecule has 1 saturated carbocycles. The van der Waals surface area contributed by atoms with E-state index in [1.165, 1.54) is 0 Å². The van der Waals surface area contributed by atoms with Crippen molar-refractivity contribution >= 4 is 23.3 Å². The molecule has 4 atom stereocenters. The van der Waals surface area contributed by atoms with Crippen molar-refractivity contribution in [3.05, 3.63) is 35.4 Å². The quantitative estimate of drug-likeness (QED) is 0.553. The van der Waals surface area contributed by atoms with Gasteiger partial charge in [-0.15, -0.1) is 0 Å². The first-order chi connectivity index (χ1) is 14.2. The Morgan fingerprint density at radius 1 is 1.17 bits per heavy atom. The molecule has 4 rings (SSSR count). The van der Waals surface area contributed by atoms with Crippen molar-refractivity contribution in [2.24, 2.45) is 17.3 Å². The van der Waals surface area contributed by atoms with Crippen LogP contribution in [0.15, 0.2) is 24.3 Å². The highest BCUT2D eigenvalue weighted by Gasteiger charge is 2.67. The van der Waals surface area contributed by atoms with Crippen LogP contribution < -0.4 is 0 Å². The van der Waals surface area contributed by atoms with E-state index >= 15 is 0 Å². The molecule has 30 heavy (non-hydrogen) atoms. The second kappa shape index (κ2) is 7.39. The Morgan fingerprint density at radius 2 is 1.90 bits per heavy atom. The summed E-state index contributed by atoms with van der Waals surface area (Å²) in [6.07, 6.45) is -0.717. The number of hydrogen-bond acceptors (Lipinski definition) is 7. The number of ether oxygens (including phenoxy) is 3. The number of hydrogen-bond donors (Lipinski definition) is 0. The van der Waals surface area contributed by atoms with Gasteiger partial charge in [-0.05, 0) is 32.8 Å². The van der Waals surface area contributed by atoms with E-state index in [0.717, 1.165) is 0 Å². The molecule has 160 valence electrons. The van der Waals surface area contributed by atoms with Crippen LogP contribution in [0.1, 0.15) is 49.5 Å². The summed E-state index contributed by atoms with van der Waals surface area (Å²) in [5, 5.41) is 0. The van der Waals surface area contributed by atoms with Crippen LogP contribution in [0.2, 0.25) is 0 Å². The topological polar surface area (TPSA) is 96.0 Å². The zero-order valence-corrected chi connectivity index (χ0v) is 17.4. The second-order valence-electron chi connectivity index (χ2n) is 8.61. The lowest BCUT2D eigenvalue weighted by molar-refractivity contribution is -0.185. The average Bonchev–Trinajstić information content (AvgIpc) is 3.06. The van der Waals surface area contributed by atoms with Crippen LogP contribution >= 0.6 is 0 Å². The monoisotopic (exact) mass is 414 g/mol. The molecule has 1 heterocycles. The molecule has 7 nitrogen and oxygen atoms in total. The molecule has 1 saturated heterocycles. The molecule has 0 unspecified atom stereocenters. The van der Waals surface area contributed by atoms with Gasteiger partial charge >= 0.3 is 5.97 Å². The Bertz CT molecular complexity index is 918. The predicted octanol–water partition coefficient (Wildman–Crippen LogP) is 2.29. The van der Waals surface area contributed by atoms with E-state index in [4.69, 9.17) is 14.2 Å². The Hall–Kier alpha value is -2.38. The van der Waals surface area contributed by atoms with Crippen LogP contribution in [0, 0.1) is 17.3 Å². The van der Waals surface area contributed by atoms with E-state index in [0.29, 0.717) is 11.1 Å². The third kappa shape index (κ3) is 3.03. The summed E-state index contributed by atoms with van der Waals surface area (Å²) >= 11 is 0. The third-order valence-corrected chi connectivity index (χ3v) is 6.49. The lowest BCUT2D eigenvalue weighted by Gasteiger charge is -2.46. The Labute approximate surface area is 175 Å². The molecule has 1 aromatic carbocycles. The van der Waals surface area contributed by atoms with E-state index in [9.17, 15) is 19.2 Å². The van der Waals surface area contributed by atoms with Gasteiger partial charge in [-0.3, -0.25) is 19.2 Å². The Kier molecular flexibility index (Phi) is 5.14. The number of ketones is 3. The molecule has 2 bridgehead atoms. The van der Waals surface area contributed by atoms with Crippen LogP contribution in [0.3, 0.4) is 0 Å². The lowest BCUT2D eigenvalue weighted by atomic mass is 9.54. The van der Waals surface area contributed by atoms with Gasteiger partial charge in [-0.2, -0.15) is 0 Å². The van der Waals surface area contributed by atoms with E-state index in [1.807, 2.05) is 0 Å². The van der Waals surface area contributed by atoms with Crippen LogP contribution in [-0.4, -0.2) is 48.4 Å². The maximum Gasteiger partial charge on any atom is 0.327 e. The fourth-order valence-corrected chi connectivity index (χ4v) is 5.25. The fraction of sp³-hybridized carbons (Fsp3) is 0.565. The summed E-state index contributed by atoms with van der Waals surface area (Å²) < 4.78 is 17.0. The van der Waals surface area contributed by atoms with E-state index in [-0.39, 0.29) is 38.3 Å². The zero-order chi connectivity index (χ0) is 21.7. The number of benzene rings is 1. The van der Waals surface area contributed by atoms with Gasteiger partial charge in [0.15, 0.2) is 28.6 Å². The SMILES string of the molecule is CCOC(=O)[C@@]12C(=O)CC[C@@H](C(=O)c3ccccc3CC1=O)[C@H]2[C@H]1COC(C)(C)O1. The molecule has 7 heteroatoms. The number of carbonyl (C=O) groups excluding carboxylic acids is 4. The maximum absolute atomic E-state index is 13.7. The van der Waals surface area contributed by atoms with Crippen molar-refractivity contribution in [3.8, 4) is 0 Å². The summed E-state index contributed by atoms with van der Waals surface area (Å²) in [5.74, 6) is -4.70. The molecule has 1 aromatic rings. The average molecular weight is 414 g/mol. The van der Waals surface area contributed by atoms with Crippen molar-refractivity contribution in [2.75, 3.05) is 13.2 Å². The minimum atomic E-state index is -2.06. The minimum absolute atomic E-state index is 0.0244. The maximum atomic E-state index is 13.7. The van der Waals surface area contributed by atoms with Crippen molar-refractivity contribution in [3.63, 3.8) is 0 Å². The van der Waals surface area contributed by atoms with Gasteiger partial charge < -0.3 is 14.2 Å². The van der Waals surface area contributed by atoms with Gasteiger partial charge in [0.25, 0.3) is 0 Å². The summed E-state index contributed by atoms with van der Waals surface area (Å²) in [4.78, 5) is 53.9. The van der Waals surface area contributed by atoms with Crippen molar-refractivity contribution in [2.45, 2.75) is 51.9 Å². The second-order valence-corrected chi connectivity index (χ2v) is 8.61. The van der Waals surface area contributed by atoms with Crippen molar-refractivity contribution in [1.29, 1.82) is 0 Å². The largest absolute Gasteiger partial charge is 0.465 e. The molecule has 0 radical (unpaired) electrons. The molecule has 0 aromatic heterocycles. The summed E-state index contributed by atoms with van der Waals surface area (Å²) in [6.45, 7) is 5.19. The molecular formula is C23H26O7. The van der Waals surface area contributed by atoms with Gasteiger partial charge in [-0.1, -0.05) is 24.3 Å². The number of rotatable bonds is 3. The summed E-state index contributed by atoms with van der Waals surface area (Å²) in [7, 11) is 0. The zero-order valence-electron chi connectivity index (χ0n) is 17.4. The Morgan fingerprint density at radius 3 is 2.57 bits per heavy atom. The van der Waals surface area contributed by atoms with E-state index in [2.05, 4.69) is 0 Å². The van der Waals surface area contributed by atoms with Crippen molar-refractivity contribution in [1.82, 2.24) is 0 Å². The third-order valence-electron chi connectivity index (χ3n) is 6.49. The smallest absolute Gasteiger partial charge is 0.327 e. The molecule has 0 N–H and O–H groups in total. The van der Waals surface area contributed by atoms with Gasteiger partial charge in [0.1, 0.15) is 0 Å². The van der Waals surface area contributed by atoms with Crippen LogP contribution in [0.25, 0.3) is 0 Å². The number of carbonyl (C=O) groups is 4. The number of Topliss-reactive ketones (excluding diaryl/α,β-unsaturated/α-hetero) is 3. The first-order valence-electron chi connectivity index (χ1n) is 10.4. The minimum Gasteiger partial charge on any atom is -0.465 e. The van der Waals surface area contributed by atoms with Gasteiger partial charge in [0, 0.05) is 30.2 Å². The van der Waals surface area contributed by atoms with Gasteiger partial charge in [0.05, 0.1) is 19.3 Å². The summed E-state index contributed by atoms with van der Waals surface area (Å²) in [5.41, 5.74) is -1.06. The molecular weight excluding hydrogens is 388 g/mol. The highest BCUT2D eigenvalue weighted by Crippen LogP contribution is 2.51. The standard InChI is InChI=1S/C23H26O7/c1-4-28-21(27)23-17(24)10-9-15(19(23)16-12-29-22(2,3)30-16)20(26)14-8-6-5-7-13(14)11-18(23)25/h5-8,15-16,19H,4,9-12H2,1-3H3/t15-,16-,19+,23+/m1/s1. The lowest BCUT2D eigenvalue weighted by Crippen LogP contribution is -2.63. The van der Waals surface area contributed by atoms with Crippen LogP contribution in [0.5, 0.6) is 0 Å². The normalized spacial score (nSPS) is 32.9. The van der Waals surface area contributed by atoms with Gasteiger partial charge in [0.2, 0.25) is 0 Å². The van der Waals surface area contributed by atoms with Crippen LogP contribution in [-0.2, 0) is 35.0 Å². The van der Waals surface area contributed by atoms with Gasteiger partial charge in [-0.25, -0.2) is 0 Å². The first kappa shape index (κ1) is 20.9. The molecule has 3 aliphatic rings. The van der Waals surface area contributed by atoms with Crippen molar-refractivity contribution < 1.29 is 33.4 Å². The molecule has 0 amide bonds. The molecule has 2 aliphatic carbocycles. The Balaban J connectivity index is 1.94. The predicted molar refractivity (Wildman–Crippen MR) is 105 cm³/mol.